The van der Waals surface area contributed by atoms with Gasteiger partial charge in [0.05, 0.1) is 6.61 Å². The van der Waals surface area contributed by atoms with E-state index in [-0.39, 0.29) is 0 Å². The Morgan fingerprint density at radius 2 is 2.19 bits per heavy atom. The van der Waals surface area contributed by atoms with Crippen LogP contribution < -0.4 is 5.32 Å². The Kier molecular flexibility index (Phi) is 4.55. The van der Waals surface area contributed by atoms with Gasteiger partial charge in [0, 0.05) is 18.8 Å². The first kappa shape index (κ1) is 11.8. The maximum absolute atomic E-state index is 5.14. The van der Waals surface area contributed by atoms with Crippen LogP contribution in [0.4, 0.5) is 5.69 Å². The zero-order valence-corrected chi connectivity index (χ0v) is 10.6. The summed E-state index contributed by atoms with van der Waals surface area (Å²) in [6, 6.07) is 9.17. The van der Waals surface area contributed by atoms with Crippen LogP contribution >= 0.6 is 11.8 Å². The highest BCUT2D eigenvalue weighted by molar-refractivity contribution is 7.99. The highest BCUT2D eigenvalue weighted by Gasteiger charge is 2.12. The Labute approximate surface area is 102 Å². The first-order valence-corrected chi connectivity index (χ1v) is 6.96. The molecule has 1 saturated heterocycles. The zero-order chi connectivity index (χ0) is 11.2. The quantitative estimate of drug-likeness (QED) is 0.869. The van der Waals surface area contributed by atoms with Gasteiger partial charge in [-0.05, 0) is 42.0 Å². The second kappa shape index (κ2) is 6.16. The van der Waals surface area contributed by atoms with Crippen LogP contribution in [0.2, 0.25) is 0 Å². The third kappa shape index (κ3) is 3.42. The molecule has 1 aliphatic rings. The molecule has 0 radical (unpaired) electrons. The fourth-order valence-corrected chi connectivity index (χ4v) is 3.10. The Balaban J connectivity index is 1.94. The molecule has 0 bridgehead atoms. The van der Waals surface area contributed by atoms with Crippen molar-refractivity contribution < 1.29 is 4.74 Å². The second-order valence-electron chi connectivity index (χ2n) is 4.16. The summed E-state index contributed by atoms with van der Waals surface area (Å²) in [4.78, 5) is 0. The van der Waals surface area contributed by atoms with Gasteiger partial charge in [0.2, 0.25) is 0 Å². The van der Waals surface area contributed by atoms with Crippen LogP contribution in [-0.4, -0.2) is 24.7 Å². The average molecular weight is 237 g/mol. The van der Waals surface area contributed by atoms with Crippen LogP contribution in [-0.2, 0) is 11.3 Å². The minimum Gasteiger partial charge on any atom is -0.382 e. The molecular formula is C13H19NOS. The van der Waals surface area contributed by atoms with Gasteiger partial charge in [0.1, 0.15) is 0 Å². The van der Waals surface area contributed by atoms with Crippen LogP contribution in [0.15, 0.2) is 24.3 Å². The summed E-state index contributed by atoms with van der Waals surface area (Å²) in [5, 5.41) is 3.61. The maximum Gasteiger partial charge on any atom is 0.0713 e. The monoisotopic (exact) mass is 237 g/mol. The molecule has 0 aromatic heterocycles. The molecule has 88 valence electrons. The SMILES string of the molecule is COCc1cccc(NC2CCSCC2)c1. The van der Waals surface area contributed by atoms with Gasteiger partial charge in [-0.1, -0.05) is 12.1 Å². The van der Waals surface area contributed by atoms with E-state index in [9.17, 15) is 0 Å². The van der Waals surface area contributed by atoms with Gasteiger partial charge >= 0.3 is 0 Å². The van der Waals surface area contributed by atoms with Crippen molar-refractivity contribution in [2.75, 3.05) is 23.9 Å². The highest BCUT2D eigenvalue weighted by Crippen LogP contribution is 2.21. The summed E-state index contributed by atoms with van der Waals surface area (Å²) in [6.07, 6.45) is 2.55. The molecule has 1 N–H and O–H groups in total. The predicted molar refractivity (Wildman–Crippen MR) is 71.1 cm³/mol. The van der Waals surface area contributed by atoms with Gasteiger partial charge in [0.15, 0.2) is 0 Å². The number of rotatable bonds is 4. The summed E-state index contributed by atoms with van der Waals surface area (Å²) in [7, 11) is 1.73. The molecule has 0 aliphatic carbocycles. The first-order valence-electron chi connectivity index (χ1n) is 5.80. The van der Waals surface area contributed by atoms with Crippen LogP contribution in [0.5, 0.6) is 0 Å². The maximum atomic E-state index is 5.14. The van der Waals surface area contributed by atoms with Crippen LogP contribution in [0.25, 0.3) is 0 Å². The fraction of sp³-hybridized carbons (Fsp3) is 0.538. The minimum atomic E-state index is 0.652. The van der Waals surface area contributed by atoms with Crippen LogP contribution in [0.3, 0.4) is 0 Å². The molecule has 2 nitrogen and oxygen atoms in total. The van der Waals surface area contributed by atoms with E-state index in [2.05, 4.69) is 41.3 Å². The van der Waals surface area contributed by atoms with Gasteiger partial charge in [-0.3, -0.25) is 0 Å². The number of thioether (sulfide) groups is 1. The molecule has 0 amide bonds. The van der Waals surface area contributed by atoms with Crippen LogP contribution in [0.1, 0.15) is 18.4 Å². The normalized spacial score (nSPS) is 17.3. The van der Waals surface area contributed by atoms with E-state index < -0.39 is 0 Å². The summed E-state index contributed by atoms with van der Waals surface area (Å²) < 4.78 is 5.14. The first-order chi connectivity index (χ1) is 7.88. The van der Waals surface area contributed by atoms with Crippen molar-refractivity contribution in [3.05, 3.63) is 29.8 Å². The highest BCUT2D eigenvalue weighted by atomic mass is 32.2. The largest absolute Gasteiger partial charge is 0.382 e. The molecule has 0 spiro atoms. The van der Waals surface area contributed by atoms with Gasteiger partial charge in [-0.25, -0.2) is 0 Å². The van der Waals surface area contributed by atoms with Gasteiger partial charge in [-0.15, -0.1) is 0 Å². The molecule has 1 heterocycles. The minimum absolute atomic E-state index is 0.652. The van der Waals surface area contributed by atoms with Crippen molar-refractivity contribution >= 4 is 17.4 Å². The van der Waals surface area contributed by atoms with Crippen molar-refractivity contribution in [1.82, 2.24) is 0 Å². The number of hydrogen-bond donors (Lipinski definition) is 1. The van der Waals surface area contributed by atoms with E-state index in [0.29, 0.717) is 12.6 Å². The number of hydrogen-bond acceptors (Lipinski definition) is 3. The number of nitrogens with one attached hydrogen (secondary N) is 1. The molecule has 1 aliphatic heterocycles. The predicted octanol–water partition coefficient (Wildman–Crippen LogP) is 3.14. The van der Waals surface area contributed by atoms with Crippen molar-refractivity contribution in [3.63, 3.8) is 0 Å². The molecule has 2 rings (SSSR count). The Morgan fingerprint density at radius 3 is 2.94 bits per heavy atom. The molecule has 16 heavy (non-hydrogen) atoms. The standard InChI is InChI=1S/C13H19NOS/c1-15-10-11-3-2-4-13(9-11)14-12-5-7-16-8-6-12/h2-4,9,12,14H,5-8,10H2,1H3. The number of benzene rings is 1. The molecule has 3 heteroatoms. The van der Waals surface area contributed by atoms with Gasteiger partial charge < -0.3 is 10.1 Å². The molecular weight excluding hydrogens is 218 g/mol. The summed E-state index contributed by atoms with van der Waals surface area (Å²) in [5.74, 6) is 2.57. The Hall–Kier alpha value is -0.670. The number of ether oxygens (including phenoxy) is 1. The van der Waals surface area contributed by atoms with E-state index in [1.165, 1.54) is 35.6 Å². The number of methoxy groups -OCH3 is 1. The van der Waals surface area contributed by atoms with Crippen molar-refractivity contribution in [2.45, 2.75) is 25.5 Å². The Bertz CT molecular complexity index is 323. The molecule has 0 atom stereocenters. The topological polar surface area (TPSA) is 21.3 Å². The Morgan fingerprint density at radius 1 is 1.38 bits per heavy atom. The van der Waals surface area contributed by atoms with Gasteiger partial charge in [0.25, 0.3) is 0 Å². The van der Waals surface area contributed by atoms with E-state index in [1.54, 1.807) is 7.11 Å². The average Bonchev–Trinajstić information content (AvgIpc) is 2.31. The van der Waals surface area contributed by atoms with Crippen molar-refractivity contribution in [2.24, 2.45) is 0 Å². The third-order valence-electron chi connectivity index (χ3n) is 2.83. The second-order valence-corrected chi connectivity index (χ2v) is 5.39. The lowest BCUT2D eigenvalue weighted by molar-refractivity contribution is 0.185. The van der Waals surface area contributed by atoms with Gasteiger partial charge in [-0.2, -0.15) is 11.8 Å². The van der Waals surface area contributed by atoms with Crippen molar-refractivity contribution in [3.8, 4) is 0 Å². The molecule has 1 aromatic carbocycles. The summed E-state index contributed by atoms with van der Waals surface area (Å²) in [5.41, 5.74) is 2.46. The third-order valence-corrected chi connectivity index (χ3v) is 3.88. The van der Waals surface area contributed by atoms with E-state index in [0.717, 1.165) is 0 Å². The summed E-state index contributed by atoms with van der Waals surface area (Å²) in [6.45, 7) is 0.691. The van der Waals surface area contributed by atoms with E-state index in [1.807, 2.05) is 0 Å². The lowest BCUT2D eigenvalue weighted by atomic mass is 10.1. The van der Waals surface area contributed by atoms with Crippen LogP contribution in [0, 0.1) is 0 Å². The zero-order valence-electron chi connectivity index (χ0n) is 9.74. The smallest absolute Gasteiger partial charge is 0.0713 e. The summed E-state index contributed by atoms with van der Waals surface area (Å²) >= 11 is 2.06. The van der Waals surface area contributed by atoms with E-state index >= 15 is 0 Å². The lowest BCUT2D eigenvalue weighted by Gasteiger charge is -2.23. The lowest BCUT2D eigenvalue weighted by Crippen LogP contribution is -2.24. The van der Waals surface area contributed by atoms with Crippen molar-refractivity contribution in [1.29, 1.82) is 0 Å². The molecule has 1 fully saturated rings. The molecule has 1 aromatic rings. The van der Waals surface area contributed by atoms with E-state index in [4.69, 9.17) is 4.74 Å². The fourth-order valence-electron chi connectivity index (χ4n) is 2.00. The molecule has 0 saturated carbocycles. The molecule has 0 unspecified atom stereocenters. The number of anilines is 1.